The SMILES string of the molecule is CC(C)CC(C)(COc1ccc(-c2ccnc(NC(=O)O)c2)cc1CN(C)C)NC(=O)OC(C)(C)C. The molecule has 1 atom stereocenters. The first-order chi connectivity index (χ1) is 16.7. The molecule has 1 heterocycles. The quantitative estimate of drug-likeness (QED) is 0.389. The maximum Gasteiger partial charge on any atom is 0.410 e. The summed E-state index contributed by atoms with van der Waals surface area (Å²) in [6.45, 7) is 12.6. The smallest absolute Gasteiger partial charge is 0.410 e. The zero-order valence-corrected chi connectivity index (χ0v) is 22.6. The van der Waals surface area contributed by atoms with Crippen molar-refractivity contribution in [2.75, 3.05) is 26.0 Å². The number of carboxylic acid groups (broad SMARTS) is 1. The molecule has 0 saturated carbocycles. The molecule has 2 rings (SSSR count). The maximum atomic E-state index is 12.5. The summed E-state index contributed by atoms with van der Waals surface area (Å²) in [6, 6.07) is 9.37. The van der Waals surface area contributed by atoms with Gasteiger partial charge >= 0.3 is 12.2 Å². The number of hydrogen-bond acceptors (Lipinski definition) is 6. The number of alkyl carbamates (subject to hydrolysis) is 1. The normalized spacial score (nSPS) is 13.3. The van der Waals surface area contributed by atoms with Crippen LogP contribution >= 0.6 is 0 Å². The van der Waals surface area contributed by atoms with E-state index in [0.29, 0.717) is 24.6 Å². The number of nitrogens with one attached hydrogen (secondary N) is 2. The summed E-state index contributed by atoms with van der Waals surface area (Å²) in [5, 5.41) is 14.3. The molecule has 1 unspecified atom stereocenters. The molecule has 0 aliphatic heterocycles. The minimum absolute atomic E-state index is 0.257. The average Bonchev–Trinajstić information content (AvgIpc) is 2.70. The first kappa shape index (κ1) is 28.9. The van der Waals surface area contributed by atoms with Crippen LogP contribution < -0.4 is 15.4 Å². The summed E-state index contributed by atoms with van der Waals surface area (Å²) in [5.41, 5.74) is 1.48. The van der Waals surface area contributed by atoms with Crippen LogP contribution in [0, 0.1) is 5.92 Å². The Hall–Kier alpha value is -3.33. The average molecular weight is 501 g/mol. The Bertz CT molecular complexity index is 1050. The largest absolute Gasteiger partial charge is 0.491 e. The van der Waals surface area contributed by atoms with Crippen molar-refractivity contribution in [2.45, 2.75) is 65.6 Å². The molecule has 9 heteroatoms. The highest BCUT2D eigenvalue weighted by atomic mass is 16.6. The molecule has 198 valence electrons. The van der Waals surface area contributed by atoms with E-state index in [0.717, 1.165) is 16.7 Å². The lowest BCUT2D eigenvalue weighted by Gasteiger charge is -2.33. The highest BCUT2D eigenvalue weighted by Gasteiger charge is 2.31. The zero-order chi connectivity index (χ0) is 27.1. The number of aromatic nitrogens is 1. The van der Waals surface area contributed by atoms with Crippen LogP contribution in [0.1, 0.15) is 53.5 Å². The van der Waals surface area contributed by atoms with Crippen LogP contribution in [0.4, 0.5) is 15.4 Å². The second-order valence-corrected chi connectivity index (χ2v) is 11.0. The van der Waals surface area contributed by atoms with Crippen molar-refractivity contribution < 1.29 is 24.2 Å². The molecular weight excluding hydrogens is 460 g/mol. The van der Waals surface area contributed by atoms with Crippen LogP contribution in [0.2, 0.25) is 0 Å². The highest BCUT2D eigenvalue weighted by molar-refractivity contribution is 5.82. The summed E-state index contributed by atoms with van der Waals surface area (Å²) >= 11 is 0. The fourth-order valence-electron chi connectivity index (χ4n) is 3.99. The second-order valence-electron chi connectivity index (χ2n) is 11.0. The van der Waals surface area contributed by atoms with Crippen molar-refractivity contribution >= 4 is 18.0 Å². The summed E-state index contributed by atoms with van der Waals surface area (Å²) in [6.07, 6.45) is 0.641. The molecule has 0 aliphatic carbocycles. The van der Waals surface area contributed by atoms with Gasteiger partial charge in [-0.2, -0.15) is 0 Å². The molecule has 1 aromatic carbocycles. The van der Waals surface area contributed by atoms with Gasteiger partial charge in [-0.05, 0) is 89.5 Å². The number of carbonyl (C=O) groups is 2. The fraction of sp³-hybridized carbons (Fsp3) is 0.519. The number of hydrogen-bond donors (Lipinski definition) is 3. The Balaban J connectivity index is 2.30. The van der Waals surface area contributed by atoms with E-state index in [1.807, 2.05) is 71.0 Å². The van der Waals surface area contributed by atoms with Crippen molar-refractivity contribution in [3.63, 3.8) is 0 Å². The Kier molecular flexibility index (Phi) is 9.69. The molecular formula is C27H40N4O5. The summed E-state index contributed by atoms with van der Waals surface area (Å²) in [5.74, 6) is 1.30. The molecule has 0 spiro atoms. The summed E-state index contributed by atoms with van der Waals surface area (Å²) in [7, 11) is 3.95. The number of carbonyl (C=O) groups excluding carboxylic acids is 1. The number of benzene rings is 1. The van der Waals surface area contributed by atoms with Gasteiger partial charge < -0.3 is 24.8 Å². The summed E-state index contributed by atoms with van der Waals surface area (Å²) < 4.78 is 11.8. The van der Waals surface area contributed by atoms with Gasteiger partial charge in [0.15, 0.2) is 0 Å². The number of pyridine rings is 1. The number of anilines is 1. The van der Waals surface area contributed by atoms with Crippen molar-refractivity contribution in [3.05, 3.63) is 42.1 Å². The van der Waals surface area contributed by atoms with Crippen molar-refractivity contribution in [1.29, 1.82) is 0 Å². The molecule has 36 heavy (non-hydrogen) atoms. The first-order valence-corrected chi connectivity index (χ1v) is 12.0. The molecule has 0 radical (unpaired) electrons. The lowest BCUT2D eigenvalue weighted by atomic mass is 9.91. The van der Waals surface area contributed by atoms with Crippen LogP contribution in [-0.2, 0) is 11.3 Å². The third kappa shape index (κ3) is 9.73. The van der Waals surface area contributed by atoms with Crippen LogP contribution in [0.5, 0.6) is 5.75 Å². The molecule has 9 nitrogen and oxygen atoms in total. The third-order valence-electron chi connectivity index (χ3n) is 5.08. The van der Waals surface area contributed by atoms with Crippen molar-refractivity contribution in [1.82, 2.24) is 15.2 Å². The van der Waals surface area contributed by atoms with Gasteiger partial charge in [-0.25, -0.2) is 14.6 Å². The maximum absolute atomic E-state index is 12.5. The van der Waals surface area contributed by atoms with Crippen LogP contribution in [0.15, 0.2) is 36.5 Å². The van der Waals surface area contributed by atoms with E-state index in [1.54, 1.807) is 12.3 Å². The van der Waals surface area contributed by atoms with E-state index in [9.17, 15) is 9.59 Å². The first-order valence-electron chi connectivity index (χ1n) is 12.0. The number of ether oxygens (including phenoxy) is 2. The van der Waals surface area contributed by atoms with Gasteiger partial charge in [-0.15, -0.1) is 0 Å². The van der Waals surface area contributed by atoms with E-state index < -0.39 is 23.3 Å². The van der Waals surface area contributed by atoms with Gasteiger partial charge in [0.25, 0.3) is 0 Å². The van der Waals surface area contributed by atoms with Crippen molar-refractivity contribution in [3.8, 4) is 16.9 Å². The minimum Gasteiger partial charge on any atom is -0.491 e. The monoisotopic (exact) mass is 500 g/mol. The Labute approximate surface area is 214 Å². The van der Waals surface area contributed by atoms with E-state index >= 15 is 0 Å². The van der Waals surface area contributed by atoms with Crippen LogP contribution in [-0.4, -0.2) is 59.0 Å². The summed E-state index contributed by atoms with van der Waals surface area (Å²) in [4.78, 5) is 29.6. The Morgan fingerprint density at radius 2 is 1.75 bits per heavy atom. The lowest BCUT2D eigenvalue weighted by Crippen LogP contribution is -2.52. The number of nitrogens with zero attached hydrogens (tertiary/aromatic N) is 2. The van der Waals surface area contributed by atoms with Gasteiger partial charge in [-0.1, -0.05) is 19.9 Å². The fourth-order valence-corrected chi connectivity index (χ4v) is 3.99. The number of rotatable bonds is 10. The van der Waals surface area contributed by atoms with Gasteiger partial charge in [0.2, 0.25) is 0 Å². The molecule has 2 aromatic rings. The number of amides is 2. The van der Waals surface area contributed by atoms with E-state index in [-0.39, 0.29) is 12.4 Å². The van der Waals surface area contributed by atoms with Gasteiger partial charge in [-0.3, -0.25) is 5.32 Å². The lowest BCUT2D eigenvalue weighted by molar-refractivity contribution is 0.0407. The molecule has 0 aliphatic rings. The molecule has 2 amide bonds. The van der Waals surface area contributed by atoms with Gasteiger partial charge in [0.05, 0.1) is 5.54 Å². The van der Waals surface area contributed by atoms with E-state index in [1.165, 1.54) is 0 Å². The molecule has 1 aromatic heterocycles. The zero-order valence-electron chi connectivity index (χ0n) is 22.6. The predicted octanol–water partition coefficient (Wildman–Crippen LogP) is 5.61. The van der Waals surface area contributed by atoms with Crippen molar-refractivity contribution in [2.24, 2.45) is 5.92 Å². The second kappa shape index (κ2) is 12.1. The molecule has 3 N–H and O–H groups in total. The standard InChI is InChI=1S/C27H40N4O5/c1-18(2)15-27(6,30-25(34)36-26(3,4)5)17-35-22-10-9-19(13-21(22)16-31(7)8)20-11-12-28-23(14-20)29-24(32)33/h9-14,18H,15-17H2,1-8H3,(H,28,29)(H,30,34)(H,32,33). The molecule has 0 saturated heterocycles. The minimum atomic E-state index is -1.17. The Morgan fingerprint density at radius 3 is 2.33 bits per heavy atom. The van der Waals surface area contributed by atoms with Gasteiger partial charge in [0.1, 0.15) is 23.8 Å². The van der Waals surface area contributed by atoms with E-state index in [2.05, 4.69) is 29.5 Å². The molecule has 0 fully saturated rings. The highest BCUT2D eigenvalue weighted by Crippen LogP contribution is 2.30. The molecule has 0 bridgehead atoms. The van der Waals surface area contributed by atoms with E-state index in [4.69, 9.17) is 14.6 Å². The van der Waals surface area contributed by atoms with Crippen LogP contribution in [0.3, 0.4) is 0 Å². The Morgan fingerprint density at radius 1 is 1.08 bits per heavy atom. The topological polar surface area (TPSA) is 113 Å². The van der Waals surface area contributed by atoms with Crippen LogP contribution in [0.25, 0.3) is 11.1 Å². The predicted molar refractivity (Wildman–Crippen MR) is 141 cm³/mol. The van der Waals surface area contributed by atoms with Gasteiger partial charge in [0, 0.05) is 18.3 Å². The third-order valence-corrected chi connectivity index (χ3v) is 5.08.